The van der Waals surface area contributed by atoms with Gasteiger partial charge >= 0.3 is 0 Å². The molecular weight excluding hydrogens is 285 g/mol. The molecule has 0 saturated carbocycles. The quantitative estimate of drug-likeness (QED) is 0.644. The van der Waals surface area contributed by atoms with Gasteiger partial charge in [0.05, 0.1) is 5.69 Å². The first kappa shape index (κ1) is 16.2. The first-order chi connectivity index (χ1) is 10.3. The van der Waals surface area contributed by atoms with Gasteiger partial charge in [0.25, 0.3) is 0 Å². The number of para-hydroxylation sites is 1. The summed E-state index contributed by atoms with van der Waals surface area (Å²) in [6, 6.07) is 6.55. The molecule has 21 heavy (non-hydrogen) atoms. The van der Waals surface area contributed by atoms with E-state index >= 15 is 0 Å². The number of nitrogens with zero attached hydrogens (tertiary/aromatic N) is 1. The second-order valence-electron chi connectivity index (χ2n) is 5.47. The van der Waals surface area contributed by atoms with Gasteiger partial charge in [0.2, 0.25) is 0 Å². The van der Waals surface area contributed by atoms with Gasteiger partial charge in [0.1, 0.15) is 5.82 Å². The lowest BCUT2D eigenvalue weighted by atomic mass is 10.2. The lowest BCUT2D eigenvalue weighted by Gasteiger charge is -2.19. The Balaban J connectivity index is 1.62. The van der Waals surface area contributed by atoms with E-state index in [4.69, 9.17) is 12.2 Å². The van der Waals surface area contributed by atoms with E-state index in [1.807, 2.05) is 0 Å². The minimum atomic E-state index is -0.286. The fraction of sp³-hybridized carbons (Fsp3) is 0.562. The molecule has 0 bridgehead atoms. The molecule has 1 heterocycles. The van der Waals surface area contributed by atoms with Crippen LogP contribution in [-0.4, -0.2) is 36.2 Å². The molecule has 0 unspecified atom stereocenters. The monoisotopic (exact) mass is 309 g/mol. The lowest BCUT2D eigenvalue weighted by Crippen LogP contribution is -2.33. The van der Waals surface area contributed by atoms with Crippen LogP contribution in [0.3, 0.4) is 0 Å². The summed E-state index contributed by atoms with van der Waals surface area (Å²) in [4.78, 5) is 2.53. The Labute approximate surface area is 131 Å². The predicted molar refractivity (Wildman–Crippen MR) is 90.1 cm³/mol. The van der Waals surface area contributed by atoms with E-state index in [2.05, 4.69) is 15.5 Å². The molecule has 116 valence electrons. The van der Waals surface area contributed by atoms with Gasteiger partial charge in [-0.1, -0.05) is 25.0 Å². The zero-order valence-corrected chi connectivity index (χ0v) is 13.2. The molecule has 2 N–H and O–H groups in total. The molecule has 0 spiro atoms. The van der Waals surface area contributed by atoms with Gasteiger partial charge in [-0.2, -0.15) is 0 Å². The summed E-state index contributed by atoms with van der Waals surface area (Å²) in [5.74, 6) is -0.286. The summed E-state index contributed by atoms with van der Waals surface area (Å²) in [5.41, 5.74) is 0.419. The Bertz CT molecular complexity index is 445. The molecule has 5 heteroatoms. The highest BCUT2D eigenvalue weighted by Crippen LogP contribution is 2.12. The van der Waals surface area contributed by atoms with Crippen LogP contribution < -0.4 is 10.6 Å². The molecule has 1 aromatic rings. The van der Waals surface area contributed by atoms with Crippen LogP contribution in [0.25, 0.3) is 0 Å². The number of benzene rings is 1. The zero-order chi connectivity index (χ0) is 14.9. The van der Waals surface area contributed by atoms with Crippen molar-refractivity contribution in [3.8, 4) is 0 Å². The standard InChI is InChI=1S/C16H24FN3S/c17-14-8-3-4-9-15(14)19-16(21)18-10-7-13-20-11-5-1-2-6-12-20/h3-4,8-9H,1-2,5-7,10-13H2,(H2,18,19,21). The molecule has 1 aromatic carbocycles. The molecule has 0 amide bonds. The first-order valence-corrected chi connectivity index (χ1v) is 8.18. The number of hydrogen-bond donors (Lipinski definition) is 2. The number of anilines is 1. The predicted octanol–water partition coefficient (Wildman–Crippen LogP) is 3.38. The van der Waals surface area contributed by atoms with Crippen LogP contribution in [0.1, 0.15) is 32.1 Å². The molecule has 1 fully saturated rings. The summed E-state index contributed by atoms with van der Waals surface area (Å²) in [6.45, 7) is 4.36. The van der Waals surface area contributed by atoms with Crippen molar-refractivity contribution in [1.29, 1.82) is 0 Å². The van der Waals surface area contributed by atoms with Crippen molar-refractivity contribution in [1.82, 2.24) is 10.2 Å². The van der Waals surface area contributed by atoms with E-state index < -0.39 is 0 Å². The van der Waals surface area contributed by atoms with Crippen LogP contribution in [0, 0.1) is 5.82 Å². The maximum absolute atomic E-state index is 13.5. The fourth-order valence-electron chi connectivity index (χ4n) is 2.59. The van der Waals surface area contributed by atoms with E-state index in [0.717, 1.165) is 19.5 Å². The minimum Gasteiger partial charge on any atom is -0.362 e. The fourth-order valence-corrected chi connectivity index (χ4v) is 2.81. The summed E-state index contributed by atoms with van der Waals surface area (Å²) >= 11 is 5.18. The van der Waals surface area contributed by atoms with Gasteiger partial charge < -0.3 is 15.5 Å². The first-order valence-electron chi connectivity index (χ1n) is 7.77. The molecule has 0 atom stereocenters. The van der Waals surface area contributed by atoms with Crippen molar-refractivity contribution >= 4 is 23.0 Å². The normalized spacial score (nSPS) is 16.2. The highest BCUT2D eigenvalue weighted by atomic mass is 32.1. The van der Waals surface area contributed by atoms with Crippen LogP contribution in [0.4, 0.5) is 10.1 Å². The van der Waals surface area contributed by atoms with Crippen molar-refractivity contribution in [3.63, 3.8) is 0 Å². The van der Waals surface area contributed by atoms with Gasteiger partial charge in [-0.15, -0.1) is 0 Å². The van der Waals surface area contributed by atoms with Crippen molar-refractivity contribution in [3.05, 3.63) is 30.1 Å². The molecular formula is C16H24FN3S. The Hall–Kier alpha value is -1.20. The zero-order valence-electron chi connectivity index (χ0n) is 12.4. The maximum atomic E-state index is 13.5. The summed E-state index contributed by atoms with van der Waals surface area (Å²) < 4.78 is 13.5. The van der Waals surface area contributed by atoms with Crippen molar-refractivity contribution in [2.75, 3.05) is 31.5 Å². The second kappa shape index (κ2) is 8.95. The second-order valence-corrected chi connectivity index (χ2v) is 5.88. The van der Waals surface area contributed by atoms with Crippen LogP contribution in [-0.2, 0) is 0 Å². The van der Waals surface area contributed by atoms with Crippen LogP contribution >= 0.6 is 12.2 Å². The average molecular weight is 309 g/mol. The average Bonchev–Trinajstić information content (AvgIpc) is 2.75. The van der Waals surface area contributed by atoms with E-state index in [-0.39, 0.29) is 5.82 Å². The highest BCUT2D eigenvalue weighted by molar-refractivity contribution is 7.80. The number of likely N-dealkylation sites (tertiary alicyclic amines) is 1. The number of rotatable bonds is 5. The van der Waals surface area contributed by atoms with Crippen LogP contribution in [0.5, 0.6) is 0 Å². The summed E-state index contributed by atoms with van der Waals surface area (Å²) in [5, 5.41) is 6.51. The van der Waals surface area contributed by atoms with E-state index in [1.54, 1.807) is 18.2 Å². The largest absolute Gasteiger partial charge is 0.362 e. The van der Waals surface area contributed by atoms with Crippen molar-refractivity contribution in [2.24, 2.45) is 0 Å². The van der Waals surface area contributed by atoms with E-state index in [1.165, 1.54) is 44.8 Å². The summed E-state index contributed by atoms with van der Waals surface area (Å²) in [7, 11) is 0. The maximum Gasteiger partial charge on any atom is 0.170 e. The number of thiocarbonyl (C=S) groups is 1. The van der Waals surface area contributed by atoms with Gasteiger partial charge in [0, 0.05) is 6.54 Å². The number of hydrogen-bond acceptors (Lipinski definition) is 2. The number of halogens is 1. The third kappa shape index (κ3) is 5.98. The third-order valence-corrected chi connectivity index (χ3v) is 4.00. The Kier molecular flexibility index (Phi) is 6.89. The molecule has 1 aliphatic heterocycles. The molecule has 3 nitrogen and oxygen atoms in total. The Morgan fingerprint density at radius 3 is 2.57 bits per heavy atom. The van der Waals surface area contributed by atoms with Gasteiger partial charge in [0.15, 0.2) is 5.11 Å². The molecule has 0 radical (unpaired) electrons. The molecule has 0 aromatic heterocycles. The number of nitrogens with one attached hydrogen (secondary N) is 2. The smallest absolute Gasteiger partial charge is 0.170 e. The Morgan fingerprint density at radius 1 is 1.14 bits per heavy atom. The van der Waals surface area contributed by atoms with Crippen molar-refractivity contribution in [2.45, 2.75) is 32.1 Å². The van der Waals surface area contributed by atoms with Crippen molar-refractivity contribution < 1.29 is 4.39 Å². The molecule has 2 rings (SSSR count). The SMILES string of the molecule is Fc1ccccc1NC(=S)NCCCN1CCCCCC1. The van der Waals surface area contributed by atoms with Gasteiger partial charge in [-0.25, -0.2) is 4.39 Å². The van der Waals surface area contributed by atoms with Gasteiger partial charge in [-0.05, 0) is 63.2 Å². The molecule has 1 saturated heterocycles. The molecule has 1 aliphatic rings. The lowest BCUT2D eigenvalue weighted by molar-refractivity contribution is 0.282. The van der Waals surface area contributed by atoms with Gasteiger partial charge in [-0.3, -0.25) is 0 Å². The topological polar surface area (TPSA) is 27.3 Å². The van der Waals surface area contributed by atoms with Crippen LogP contribution in [0.15, 0.2) is 24.3 Å². The highest BCUT2D eigenvalue weighted by Gasteiger charge is 2.08. The minimum absolute atomic E-state index is 0.286. The molecule has 0 aliphatic carbocycles. The van der Waals surface area contributed by atoms with E-state index in [9.17, 15) is 4.39 Å². The third-order valence-electron chi connectivity index (χ3n) is 3.76. The Morgan fingerprint density at radius 2 is 1.86 bits per heavy atom. The van der Waals surface area contributed by atoms with E-state index in [0.29, 0.717) is 10.8 Å². The van der Waals surface area contributed by atoms with Crippen LogP contribution in [0.2, 0.25) is 0 Å². The summed E-state index contributed by atoms with van der Waals surface area (Å²) in [6.07, 6.45) is 6.43.